The van der Waals surface area contributed by atoms with Crippen molar-refractivity contribution in [1.82, 2.24) is 14.6 Å². The third kappa shape index (κ3) is 3.24. The summed E-state index contributed by atoms with van der Waals surface area (Å²) in [5.74, 6) is 0. The van der Waals surface area contributed by atoms with E-state index in [1.54, 1.807) is 16.6 Å². The molecule has 1 aromatic rings. The Labute approximate surface area is 121 Å². The van der Waals surface area contributed by atoms with Crippen molar-refractivity contribution in [3.05, 3.63) is 18.0 Å². The first-order valence-electron chi connectivity index (χ1n) is 7.37. The molecule has 0 amide bonds. The number of sulfonamides is 1. The van der Waals surface area contributed by atoms with Crippen molar-refractivity contribution in [2.24, 2.45) is 0 Å². The molecule has 1 aliphatic rings. The van der Waals surface area contributed by atoms with Crippen LogP contribution >= 0.6 is 0 Å². The Kier molecular flexibility index (Phi) is 4.88. The van der Waals surface area contributed by atoms with Gasteiger partial charge in [-0.3, -0.25) is 0 Å². The average molecular weight is 299 g/mol. The van der Waals surface area contributed by atoms with Crippen LogP contribution in [0.2, 0.25) is 0 Å². The molecule has 0 bridgehead atoms. The molecule has 114 valence electrons. The van der Waals surface area contributed by atoms with E-state index < -0.39 is 10.0 Å². The molecule has 1 aliphatic heterocycles. The average Bonchev–Trinajstić information content (AvgIpc) is 3.05. The van der Waals surface area contributed by atoms with Gasteiger partial charge in [0.05, 0.1) is 4.90 Å². The van der Waals surface area contributed by atoms with E-state index in [9.17, 15) is 8.42 Å². The first kappa shape index (κ1) is 15.5. The van der Waals surface area contributed by atoms with Crippen LogP contribution in [0.15, 0.2) is 17.2 Å². The Morgan fingerprint density at radius 3 is 2.90 bits per heavy atom. The van der Waals surface area contributed by atoms with Gasteiger partial charge in [-0.05, 0) is 25.3 Å². The molecule has 0 aromatic carbocycles. The summed E-state index contributed by atoms with van der Waals surface area (Å²) in [5, 5.41) is 3.28. The number of aromatic amines is 1. The lowest BCUT2D eigenvalue weighted by atomic mass is 10.2. The highest BCUT2D eigenvalue weighted by atomic mass is 32.2. The summed E-state index contributed by atoms with van der Waals surface area (Å²) >= 11 is 0. The molecular formula is C14H25N3O2S. The SMILES string of the molecule is CCC1CCCN1S(=O)(=O)c1c[nH]c(CNC(C)C)c1. The van der Waals surface area contributed by atoms with E-state index in [2.05, 4.69) is 24.1 Å². The molecule has 0 radical (unpaired) electrons. The molecule has 1 saturated heterocycles. The van der Waals surface area contributed by atoms with E-state index in [0.717, 1.165) is 25.0 Å². The van der Waals surface area contributed by atoms with Gasteiger partial charge in [0.2, 0.25) is 10.0 Å². The van der Waals surface area contributed by atoms with Crippen LogP contribution in [0.4, 0.5) is 0 Å². The van der Waals surface area contributed by atoms with Crippen LogP contribution in [-0.2, 0) is 16.6 Å². The van der Waals surface area contributed by atoms with Crippen molar-refractivity contribution in [2.45, 2.75) is 63.6 Å². The molecular weight excluding hydrogens is 274 g/mol. The summed E-state index contributed by atoms with van der Waals surface area (Å²) in [5.41, 5.74) is 0.907. The molecule has 1 aromatic heterocycles. The zero-order valence-corrected chi connectivity index (χ0v) is 13.3. The second kappa shape index (κ2) is 6.28. The Hall–Kier alpha value is -0.850. The van der Waals surface area contributed by atoms with Crippen LogP contribution in [0.1, 0.15) is 45.7 Å². The number of aromatic nitrogens is 1. The summed E-state index contributed by atoms with van der Waals surface area (Å²) in [4.78, 5) is 3.44. The lowest BCUT2D eigenvalue weighted by Gasteiger charge is -2.22. The topological polar surface area (TPSA) is 65.2 Å². The summed E-state index contributed by atoms with van der Waals surface area (Å²) in [7, 11) is -3.34. The van der Waals surface area contributed by atoms with Crippen LogP contribution in [0.5, 0.6) is 0 Å². The maximum Gasteiger partial charge on any atom is 0.244 e. The predicted molar refractivity (Wildman–Crippen MR) is 80.0 cm³/mol. The lowest BCUT2D eigenvalue weighted by molar-refractivity contribution is 0.379. The van der Waals surface area contributed by atoms with Crippen LogP contribution in [0.25, 0.3) is 0 Å². The Balaban J connectivity index is 2.13. The minimum atomic E-state index is -3.34. The van der Waals surface area contributed by atoms with Crippen LogP contribution < -0.4 is 5.32 Å². The molecule has 0 spiro atoms. The zero-order valence-electron chi connectivity index (χ0n) is 12.5. The molecule has 5 nitrogen and oxygen atoms in total. The highest BCUT2D eigenvalue weighted by Crippen LogP contribution is 2.27. The highest BCUT2D eigenvalue weighted by Gasteiger charge is 2.34. The Morgan fingerprint density at radius 1 is 1.50 bits per heavy atom. The Morgan fingerprint density at radius 2 is 2.25 bits per heavy atom. The standard InChI is InChI=1S/C14H25N3O2S/c1-4-13-6-5-7-17(13)20(18,19)14-8-12(16-10-14)9-15-11(2)3/h8,10-11,13,15-16H,4-7,9H2,1-3H3. The fourth-order valence-corrected chi connectivity index (χ4v) is 4.44. The maximum atomic E-state index is 12.6. The van der Waals surface area contributed by atoms with Crippen molar-refractivity contribution in [2.75, 3.05) is 6.54 Å². The fraction of sp³-hybridized carbons (Fsp3) is 0.714. The molecule has 1 unspecified atom stereocenters. The zero-order chi connectivity index (χ0) is 14.8. The van der Waals surface area contributed by atoms with Crippen LogP contribution in [0.3, 0.4) is 0 Å². The molecule has 2 heterocycles. The number of H-pyrrole nitrogens is 1. The molecule has 20 heavy (non-hydrogen) atoms. The molecule has 2 rings (SSSR count). The maximum absolute atomic E-state index is 12.6. The van der Waals surface area contributed by atoms with Crippen molar-refractivity contribution in [1.29, 1.82) is 0 Å². The minimum absolute atomic E-state index is 0.159. The van der Waals surface area contributed by atoms with E-state index in [4.69, 9.17) is 0 Å². The molecule has 2 N–H and O–H groups in total. The molecule has 0 saturated carbocycles. The third-order valence-corrected chi connectivity index (χ3v) is 5.75. The first-order chi connectivity index (χ1) is 9.45. The number of nitrogens with one attached hydrogen (secondary N) is 2. The van der Waals surface area contributed by atoms with Crippen LogP contribution in [0, 0.1) is 0 Å². The van der Waals surface area contributed by atoms with Gasteiger partial charge in [-0.25, -0.2) is 8.42 Å². The van der Waals surface area contributed by atoms with Gasteiger partial charge in [0, 0.05) is 37.1 Å². The van der Waals surface area contributed by atoms with Gasteiger partial charge in [0.1, 0.15) is 0 Å². The van der Waals surface area contributed by atoms with E-state index in [0.29, 0.717) is 24.0 Å². The van der Waals surface area contributed by atoms with E-state index >= 15 is 0 Å². The molecule has 6 heteroatoms. The van der Waals surface area contributed by atoms with Crippen molar-refractivity contribution >= 4 is 10.0 Å². The fourth-order valence-electron chi connectivity index (χ4n) is 2.65. The van der Waals surface area contributed by atoms with Gasteiger partial charge >= 0.3 is 0 Å². The van der Waals surface area contributed by atoms with Gasteiger partial charge < -0.3 is 10.3 Å². The largest absolute Gasteiger partial charge is 0.363 e. The van der Waals surface area contributed by atoms with Gasteiger partial charge in [0.25, 0.3) is 0 Å². The number of hydrogen-bond acceptors (Lipinski definition) is 3. The van der Waals surface area contributed by atoms with Gasteiger partial charge in [-0.2, -0.15) is 4.31 Å². The molecule has 0 aliphatic carbocycles. The second-order valence-electron chi connectivity index (χ2n) is 5.72. The Bertz CT molecular complexity index is 536. The quantitative estimate of drug-likeness (QED) is 0.845. The summed E-state index contributed by atoms with van der Waals surface area (Å²) < 4.78 is 26.9. The normalized spacial score (nSPS) is 20.9. The first-order valence-corrected chi connectivity index (χ1v) is 8.81. The van der Waals surface area contributed by atoms with Crippen LogP contribution in [-0.4, -0.2) is 36.3 Å². The van der Waals surface area contributed by atoms with Gasteiger partial charge in [-0.1, -0.05) is 20.8 Å². The summed E-state index contributed by atoms with van der Waals surface area (Å²) in [6.07, 6.45) is 4.43. The molecule has 1 fully saturated rings. The van der Waals surface area contributed by atoms with E-state index in [1.807, 2.05) is 6.92 Å². The minimum Gasteiger partial charge on any atom is -0.363 e. The van der Waals surface area contributed by atoms with Gasteiger partial charge in [-0.15, -0.1) is 0 Å². The molecule has 1 atom stereocenters. The van der Waals surface area contributed by atoms with Crippen molar-refractivity contribution < 1.29 is 8.42 Å². The van der Waals surface area contributed by atoms with Crippen molar-refractivity contribution in [3.8, 4) is 0 Å². The van der Waals surface area contributed by atoms with E-state index in [-0.39, 0.29) is 6.04 Å². The highest BCUT2D eigenvalue weighted by molar-refractivity contribution is 7.89. The lowest BCUT2D eigenvalue weighted by Crippen LogP contribution is -2.34. The number of rotatable bonds is 6. The van der Waals surface area contributed by atoms with E-state index in [1.165, 1.54) is 0 Å². The smallest absolute Gasteiger partial charge is 0.244 e. The van der Waals surface area contributed by atoms with Gasteiger partial charge in [0.15, 0.2) is 0 Å². The summed E-state index contributed by atoms with van der Waals surface area (Å²) in [6.45, 7) is 7.48. The number of hydrogen-bond donors (Lipinski definition) is 2. The monoisotopic (exact) mass is 299 g/mol. The predicted octanol–water partition coefficient (Wildman–Crippen LogP) is 2.08. The van der Waals surface area contributed by atoms with Crippen molar-refractivity contribution in [3.63, 3.8) is 0 Å². The third-order valence-electron chi connectivity index (χ3n) is 3.82. The number of nitrogens with zero attached hydrogens (tertiary/aromatic N) is 1. The second-order valence-corrected chi connectivity index (χ2v) is 7.61. The summed E-state index contributed by atoms with van der Waals surface area (Å²) in [6, 6.07) is 2.28.